The van der Waals surface area contributed by atoms with Crippen LogP contribution in [0.3, 0.4) is 0 Å². The van der Waals surface area contributed by atoms with Crippen molar-refractivity contribution in [2.45, 2.75) is 30.9 Å². The van der Waals surface area contributed by atoms with Gasteiger partial charge in [0.05, 0.1) is 0 Å². The molecule has 2 rings (SSSR count). The Balaban J connectivity index is 2.32. The molecule has 0 spiro atoms. The van der Waals surface area contributed by atoms with Crippen molar-refractivity contribution < 1.29 is 13.2 Å². The van der Waals surface area contributed by atoms with E-state index < -0.39 is 12.7 Å². The van der Waals surface area contributed by atoms with Gasteiger partial charge in [-0.2, -0.15) is 13.2 Å². The van der Waals surface area contributed by atoms with Crippen molar-refractivity contribution in [3.05, 3.63) is 28.8 Å². The molecular formula is C12H12Cl2F3N. The van der Waals surface area contributed by atoms with E-state index in [0.29, 0.717) is 16.3 Å². The number of anilines is 1. The Morgan fingerprint density at radius 2 is 1.94 bits per heavy atom. The first-order chi connectivity index (χ1) is 8.40. The average molecular weight is 298 g/mol. The highest BCUT2D eigenvalue weighted by Gasteiger charge is 2.38. The lowest BCUT2D eigenvalue weighted by Crippen LogP contribution is -2.36. The van der Waals surface area contributed by atoms with Gasteiger partial charge in [0.15, 0.2) is 0 Å². The van der Waals surface area contributed by atoms with Crippen LogP contribution in [0.4, 0.5) is 18.9 Å². The van der Waals surface area contributed by atoms with Gasteiger partial charge in [-0.25, -0.2) is 0 Å². The van der Waals surface area contributed by atoms with Gasteiger partial charge in [-0.05, 0) is 30.5 Å². The number of halogens is 5. The zero-order valence-electron chi connectivity index (χ0n) is 9.47. The van der Waals surface area contributed by atoms with Gasteiger partial charge >= 0.3 is 6.18 Å². The van der Waals surface area contributed by atoms with Gasteiger partial charge in [-0.1, -0.05) is 17.7 Å². The molecule has 1 aliphatic rings. The average Bonchev–Trinajstić information content (AvgIpc) is 3.08. The molecule has 0 heterocycles. The maximum Gasteiger partial charge on any atom is 0.405 e. The van der Waals surface area contributed by atoms with Gasteiger partial charge < -0.3 is 4.90 Å². The first-order valence-electron chi connectivity index (χ1n) is 5.58. The monoisotopic (exact) mass is 297 g/mol. The van der Waals surface area contributed by atoms with Crippen molar-refractivity contribution in [3.8, 4) is 0 Å². The van der Waals surface area contributed by atoms with Crippen LogP contribution in [0.2, 0.25) is 5.02 Å². The van der Waals surface area contributed by atoms with Crippen LogP contribution in [-0.4, -0.2) is 18.8 Å². The summed E-state index contributed by atoms with van der Waals surface area (Å²) in [4.78, 5) is 1.36. The molecule has 1 aromatic rings. The van der Waals surface area contributed by atoms with Gasteiger partial charge in [0.2, 0.25) is 0 Å². The molecule has 100 valence electrons. The van der Waals surface area contributed by atoms with Crippen molar-refractivity contribution >= 4 is 28.9 Å². The third-order valence-electron chi connectivity index (χ3n) is 2.84. The molecule has 0 aliphatic heterocycles. The molecule has 0 amide bonds. The second-order valence-electron chi connectivity index (χ2n) is 4.38. The fraction of sp³-hybridized carbons (Fsp3) is 0.500. The van der Waals surface area contributed by atoms with Gasteiger partial charge in [-0.15, -0.1) is 11.6 Å². The van der Waals surface area contributed by atoms with Crippen LogP contribution >= 0.6 is 23.2 Å². The third-order valence-corrected chi connectivity index (χ3v) is 3.36. The number of rotatable bonds is 4. The lowest BCUT2D eigenvalue weighted by Gasteiger charge is -2.28. The summed E-state index contributed by atoms with van der Waals surface area (Å²) in [5, 5.41) is 0.423. The number of benzene rings is 1. The lowest BCUT2D eigenvalue weighted by atomic mass is 10.1. The highest BCUT2D eigenvalue weighted by molar-refractivity contribution is 6.31. The predicted octanol–water partition coefficient (Wildman–Crippen LogP) is 4.61. The van der Waals surface area contributed by atoms with E-state index in [2.05, 4.69) is 0 Å². The molecule has 0 aromatic heterocycles. The van der Waals surface area contributed by atoms with Crippen molar-refractivity contribution in [2.24, 2.45) is 0 Å². The summed E-state index contributed by atoms with van der Waals surface area (Å²) in [5.41, 5.74) is 1.18. The molecule has 1 nitrogen and oxygen atoms in total. The van der Waals surface area contributed by atoms with Crippen molar-refractivity contribution in [2.75, 3.05) is 11.4 Å². The van der Waals surface area contributed by atoms with Crippen LogP contribution in [0.5, 0.6) is 0 Å². The van der Waals surface area contributed by atoms with Crippen molar-refractivity contribution in [1.29, 1.82) is 0 Å². The van der Waals surface area contributed by atoms with Crippen LogP contribution in [0.1, 0.15) is 18.4 Å². The molecule has 0 N–H and O–H groups in total. The van der Waals surface area contributed by atoms with E-state index in [0.717, 1.165) is 12.8 Å². The van der Waals surface area contributed by atoms with Crippen LogP contribution in [0, 0.1) is 0 Å². The Labute approximate surface area is 113 Å². The largest absolute Gasteiger partial charge is 0.405 e. The van der Waals surface area contributed by atoms with Gasteiger partial charge in [0.25, 0.3) is 0 Å². The molecule has 6 heteroatoms. The zero-order chi connectivity index (χ0) is 13.3. The smallest absolute Gasteiger partial charge is 0.359 e. The number of hydrogen-bond donors (Lipinski definition) is 0. The molecule has 1 saturated carbocycles. The highest BCUT2D eigenvalue weighted by atomic mass is 35.5. The molecule has 0 atom stereocenters. The summed E-state index contributed by atoms with van der Waals surface area (Å²) in [6.45, 7) is -0.956. The number of hydrogen-bond acceptors (Lipinski definition) is 1. The number of alkyl halides is 4. The summed E-state index contributed by atoms with van der Waals surface area (Å²) >= 11 is 11.6. The maximum atomic E-state index is 12.6. The van der Waals surface area contributed by atoms with E-state index in [1.807, 2.05) is 0 Å². The van der Waals surface area contributed by atoms with Crippen LogP contribution in [-0.2, 0) is 5.88 Å². The standard InChI is InChI=1S/C12H12Cl2F3N/c13-6-8-1-2-9(14)5-11(8)18(10-3-4-10)7-12(15,16)17/h1-2,5,10H,3-4,6-7H2. The Morgan fingerprint density at radius 3 is 2.44 bits per heavy atom. The van der Waals surface area contributed by atoms with Gasteiger partial charge in [0, 0.05) is 22.6 Å². The molecule has 0 unspecified atom stereocenters. The molecule has 1 fully saturated rings. The second-order valence-corrected chi connectivity index (χ2v) is 5.08. The molecule has 18 heavy (non-hydrogen) atoms. The van der Waals surface area contributed by atoms with Crippen molar-refractivity contribution in [3.63, 3.8) is 0 Å². The molecule has 0 saturated heterocycles. The predicted molar refractivity (Wildman–Crippen MR) is 67.4 cm³/mol. The first-order valence-corrected chi connectivity index (χ1v) is 6.50. The fourth-order valence-electron chi connectivity index (χ4n) is 1.91. The normalized spacial score (nSPS) is 15.8. The molecule has 0 bridgehead atoms. The van der Waals surface area contributed by atoms with E-state index in [1.165, 1.54) is 4.90 Å². The Kier molecular flexibility index (Phi) is 3.97. The van der Waals surface area contributed by atoms with Gasteiger partial charge in [-0.3, -0.25) is 0 Å². The lowest BCUT2D eigenvalue weighted by molar-refractivity contribution is -0.120. The summed E-state index contributed by atoms with van der Waals surface area (Å²) in [6.07, 6.45) is -2.66. The fourth-order valence-corrected chi connectivity index (χ4v) is 2.30. The number of nitrogens with zero attached hydrogens (tertiary/aromatic N) is 1. The van der Waals surface area contributed by atoms with E-state index >= 15 is 0 Å². The highest BCUT2D eigenvalue weighted by Crippen LogP contribution is 2.37. The molecular weight excluding hydrogens is 286 g/mol. The van der Waals surface area contributed by atoms with E-state index in [-0.39, 0.29) is 11.9 Å². The van der Waals surface area contributed by atoms with E-state index in [9.17, 15) is 13.2 Å². The summed E-state index contributed by atoms with van der Waals surface area (Å²) in [7, 11) is 0. The summed E-state index contributed by atoms with van der Waals surface area (Å²) in [6, 6.07) is 4.83. The second kappa shape index (κ2) is 5.17. The summed E-state index contributed by atoms with van der Waals surface area (Å²) < 4.78 is 37.8. The molecule has 1 aromatic carbocycles. The maximum absolute atomic E-state index is 12.6. The topological polar surface area (TPSA) is 3.24 Å². The quantitative estimate of drug-likeness (QED) is 0.734. The Bertz CT molecular complexity index is 430. The van der Waals surface area contributed by atoms with Crippen LogP contribution in [0.25, 0.3) is 0 Å². The van der Waals surface area contributed by atoms with Crippen LogP contribution in [0.15, 0.2) is 18.2 Å². The zero-order valence-corrected chi connectivity index (χ0v) is 11.0. The SMILES string of the molecule is FC(F)(F)CN(c1cc(Cl)ccc1CCl)C1CC1. The summed E-state index contributed by atoms with van der Waals surface area (Å²) in [5.74, 6) is 0.174. The van der Waals surface area contributed by atoms with Gasteiger partial charge in [0.1, 0.15) is 6.54 Å². The van der Waals surface area contributed by atoms with E-state index in [4.69, 9.17) is 23.2 Å². The molecule has 0 radical (unpaired) electrons. The minimum absolute atomic E-state index is 0.0490. The van der Waals surface area contributed by atoms with Crippen molar-refractivity contribution in [1.82, 2.24) is 0 Å². The first kappa shape index (κ1) is 13.8. The molecule has 1 aliphatic carbocycles. The third kappa shape index (κ3) is 3.45. The Hall–Kier alpha value is -0.610. The van der Waals surface area contributed by atoms with Crippen LogP contribution < -0.4 is 4.90 Å². The Morgan fingerprint density at radius 1 is 1.28 bits per heavy atom. The van der Waals surface area contributed by atoms with E-state index in [1.54, 1.807) is 18.2 Å². The minimum Gasteiger partial charge on any atom is -0.359 e. The minimum atomic E-state index is -4.23.